The number of carbonyl (C=O) groups excluding carboxylic acids is 1. The zero-order chi connectivity index (χ0) is 16.4. The summed E-state index contributed by atoms with van der Waals surface area (Å²) in [6, 6.07) is 5.14. The third-order valence-electron chi connectivity index (χ3n) is 3.02. The van der Waals surface area contributed by atoms with Gasteiger partial charge in [-0.3, -0.25) is 4.79 Å². The number of hydrogen-bond donors (Lipinski definition) is 2. The van der Waals surface area contributed by atoms with E-state index in [0.29, 0.717) is 21.4 Å². The van der Waals surface area contributed by atoms with E-state index < -0.39 is 0 Å². The normalized spacial score (nSPS) is 10.7. The van der Waals surface area contributed by atoms with E-state index >= 15 is 0 Å². The number of nitrogens with one attached hydrogen (secondary N) is 1. The Bertz CT molecular complexity index is 823. The van der Waals surface area contributed by atoms with Crippen LogP contribution in [-0.4, -0.2) is 10.9 Å². The fraction of sp³-hybridized carbons (Fsp3) is 0.0667. The second-order valence-corrected chi connectivity index (χ2v) is 7.19. The molecule has 2 heterocycles. The molecular formula is C15H11Cl2N3OS2. The Morgan fingerprint density at radius 1 is 1.26 bits per heavy atom. The third-order valence-corrected chi connectivity index (χ3v) is 5.27. The van der Waals surface area contributed by atoms with Crippen LogP contribution in [0, 0.1) is 0 Å². The minimum Gasteiger partial charge on any atom is -0.396 e. The van der Waals surface area contributed by atoms with Crippen LogP contribution in [0.15, 0.2) is 34.3 Å². The molecule has 0 unspecified atom stereocenters. The summed E-state index contributed by atoms with van der Waals surface area (Å²) in [5.41, 5.74) is 8.27. The number of anilines is 2. The summed E-state index contributed by atoms with van der Waals surface area (Å²) in [7, 11) is 0. The monoisotopic (exact) mass is 383 g/mol. The van der Waals surface area contributed by atoms with Crippen LogP contribution in [0.3, 0.4) is 0 Å². The van der Waals surface area contributed by atoms with Crippen LogP contribution in [0.5, 0.6) is 0 Å². The number of nitrogen functional groups attached to an aromatic ring is 1. The van der Waals surface area contributed by atoms with Crippen molar-refractivity contribution in [1.82, 2.24) is 4.98 Å². The highest BCUT2D eigenvalue weighted by atomic mass is 35.5. The summed E-state index contributed by atoms with van der Waals surface area (Å²) in [6.07, 6.45) is 0.181. The maximum Gasteiger partial charge on any atom is 0.230 e. The van der Waals surface area contributed by atoms with Crippen molar-refractivity contribution < 1.29 is 4.79 Å². The van der Waals surface area contributed by atoms with Crippen LogP contribution in [0.25, 0.3) is 10.6 Å². The summed E-state index contributed by atoms with van der Waals surface area (Å²) in [5, 5.41) is 10.2. The van der Waals surface area contributed by atoms with Crippen molar-refractivity contribution in [2.24, 2.45) is 0 Å². The summed E-state index contributed by atoms with van der Waals surface area (Å²) in [4.78, 5) is 16.6. The van der Waals surface area contributed by atoms with Crippen LogP contribution < -0.4 is 11.1 Å². The highest BCUT2D eigenvalue weighted by Gasteiger charge is 2.11. The summed E-state index contributed by atoms with van der Waals surface area (Å²) in [5.74, 6) is -0.191. The molecule has 0 fully saturated rings. The van der Waals surface area contributed by atoms with Crippen molar-refractivity contribution in [3.05, 3.63) is 50.1 Å². The van der Waals surface area contributed by atoms with E-state index in [1.165, 1.54) is 11.3 Å². The van der Waals surface area contributed by atoms with Gasteiger partial charge in [0.25, 0.3) is 0 Å². The first kappa shape index (κ1) is 16.3. The molecule has 0 atom stereocenters. The first-order chi connectivity index (χ1) is 11.0. The first-order valence-electron chi connectivity index (χ1n) is 6.54. The molecule has 3 rings (SSSR count). The molecule has 0 aliphatic rings. The van der Waals surface area contributed by atoms with Gasteiger partial charge in [-0.25, -0.2) is 4.98 Å². The summed E-state index contributed by atoms with van der Waals surface area (Å²) < 4.78 is 0. The van der Waals surface area contributed by atoms with Crippen LogP contribution in [0.1, 0.15) is 5.69 Å². The molecule has 0 saturated heterocycles. The van der Waals surface area contributed by atoms with E-state index in [1.807, 2.05) is 22.2 Å². The van der Waals surface area contributed by atoms with Gasteiger partial charge in [0.1, 0.15) is 5.01 Å². The Labute approximate surface area is 150 Å². The van der Waals surface area contributed by atoms with Gasteiger partial charge < -0.3 is 11.1 Å². The van der Waals surface area contributed by atoms with Gasteiger partial charge in [-0.05, 0) is 23.6 Å². The molecule has 1 aromatic carbocycles. The number of aromatic nitrogens is 1. The van der Waals surface area contributed by atoms with Gasteiger partial charge in [0, 0.05) is 22.0 Å². The smallest absolute Gasteiger partial charge is 0.230 e. The maximum absolute atomic E-state index is 12.1. The molecule has 0 spiro atoms. The predicted octanol–water partition coefficient (Wildman–Crippen LogP) is 4.94. The molecule has 0 aliphatic carbocycles. The highest BCUT2D eigenvalue weighted by molar-refractivity contribution is 7.14. The quantitative estimate of drug-likeness (QED) is 0.626. The van der Waals surface area contributed by atoms with Gasteiger partial charge in [0.05, 0.1) is 27.8 Å². The lowest BCUT2D eigenvalue weighted by atomic mass is 10.2. The average molecular weight is 384 g/mol. The van der Waals surface area contributed by atoms with Crippen molar-refractivity contribution in [3.8, 4) is 10.6 Å². The van der Waals surface area contributed by atoms with E-state index in [9.17, 15) is 4.79 Å². The number of carbonyl (C=O) groups is 1. The average Bonchev–Trinajstić information content (AvgIpc) is 3.15. The van der Waals surface area contributed by atoms with Gasteiger partial charge >= 0.3 is 0 Å². The highest BCUT2D eigenvalue weighted by Crippen LogP contribution is 2.31. The molecule has 8 heteroatoms. The number of benzene rings is 1. The SMILES string of the molecule is Nc1c(Cl)cc(NC(=O)Cc2csc(-c3ccsc3)n2)cc1Cl. The second-order valence-electron chi connectivity index (χ2n) is 4.73. The van der Waals surface area contributed by atoms with Crippen molar-refractivity contribution >= 4 is 63.2 Å². The number of amides is 1. The molecular weight excluding hydrogens is 373 g/mol. The predicted molar refractivity (Wildman–Crippen MR) is 98.6 cm³/mol. The van der Waals surface area contributed by atoms with Crippen molar-refractivity contribution in [2.75, 3.05) is 11.1 Å². The van der Waals surface area contributed by atoms with E-state index in [1.54, 1.807) is 23.5 Å². The Morgan fingerprint density at radius 3 is 2.65 bits per heavy atom. The molecule has 23 heavy (non-hydrogen) atoms. The molecule has 0 saturated carbocycles. The Morgan fingerprint density at radius 2 is 2.00 bits per heavy atom. The van der Waals surface area contributed by atoms with Gasteiger partial charge in [-0.2, -0.15) is 11.3 Å². The standard InChI is InChI=1S/C15H11Cl2N3OS2/c16-11-3-9(4-12(17)14(11)18)19-13(21)5-10-7-23-15(20-10)8-1-2-22-6-8/h1-4,6-7H,5,18H2,(H,19,21). The lowest BCUT2D eigenvalue weighted by Crippen LogP contribution is -2.14. The number of nitrogens with two attached hydrogens (primary N) is 1. The van der Waals surface area contributed by atoms with Crippen LogP contribution >= 0.6 is 45.9 Å². The molecule has 2 aromatic heterocycles. The third kappa shape index (κ3) is 3.84. The number of hydrogen-bond acceptors (Lipinski definition) is 5. The topological polar surface area (TPSA) is 68.0 Å². The zero-order valence-corrected chi connectivity index (χ0v) is 14.8. The van der Waals surface area contributed by atoms with Crippen molar-refractivity contribution in [2.45, 2.75) is 6.42 Å². The second kappa shape index (κ2) is 6.88. The molecule has 3 N–H and O–H groups in total. The van der Waals surface area contributed by atoms with Gasteiger partial charge in [-0.15, -0.1) is 11.3 Å². The van der Waals surface area contributed by atoms with E-state index in [0.717, 1.165) is 16.3 Å². The summed E-state index contributed by atoms with van der Waals surface area (Å²) >= 11 is 15.0. The van der Waals surface area contributed by atoms with Crippen LogP contribution in [0.2, 0.25) is 10.0 Å². The number of thiazole rings is 1. The van der Waals surface area contributed by atoms with Gasteiger partial charge in [-0.1, -0.05) is 23.2 Å². The minimum absolute atomic E-state index is 0.181. The van der Waals surface area contributed by atoms with Crippen molar-refractivity contribution in [3.63, 3.8) is 0 Å². The number of halogens is 2. The molecule has 3 aromatic rings. The Hall–Kier alpha value is -1.60. The summed E-state index contributed by atoms with van der Waals surface area (Å²) in [6.45, 7) is 0. The van der Waals surface area contributed by atoms with Gasteiger partial charge in [0.15, 0.2) is 0 Å². The van der Waals surface area contributed by atoms with E-state index in [2.05, 4.69) is 10.3 Å². The number of rotatable bonds is 4. The Kier molecular flexibility index (Phi) is 4.87. The lowest BCUT2D eigenvalue weighted by Gasteiger charge is -2.07. The van der Waals surface area contributed by atoms with Crippen LogP contribution in [0.4, 0.5) is 11.4 Å². The van der Waals surface area contributed by atoms with Crippen LogP contribution in [-0.2, 0) is 11.2 Å². The van der Waals surface area contributed by atoms with E-state index in [-0.39, 0.29) is 12.3 Å². The molecule has 0 bridgehead atoms. The minimum atomic E-state index is -0.191. The Balaban J connectivity index is 1.68. The lowest BCUT2D eigenvalue weighted by molar-refractivity contribution is -0.115. The van der Waals surface area contributed by atoms with Crippen molar-refractivity contribution in [1.29, 1.82) is 0 Å². The number of thiophene rings is 1. The largest absolute Gasteiger partial charge is 0.396 e. The van der Waals surface area contributed by atoms with E-state index in [4.69, 9.17) is 28.9 Å². The fourth-order valence-electron chi connectivity index (χ4n) is 1.93. The number of nitrogens with zero attached hydrogens (tertiary/aromatic N) is 1. The molecule has 0 aliphatic heterocycles. The first-order valence-corrected chi connectivity index (χ1v) is 9.12. The fourth-order valence-corrected chi connectivity index (χ4v) is 3.95. The van der Waals surface area contributed by atoms with Gasteiger partial charge in [0.2, 0.25) is 5.91 Å². The maximum atomic E-state index is 12.1. The molecule has 0 radical (unpaired) electrons. The molecule has 1 amide bonds. The zero-order valence-electron chi connectivity index (χ0n) is 11.7. The molecule has 4 nitrogen and oxygen atoms in total. The molecule has 118 valence electrons.